The minimum Gasteiger partial charge on any atom is -0.359 e. The average molecular weight is 210 g/mol. The molecule has 1 heterocycles. The highest BCUT2D eigenvalue weighted by atomic mass is 79.9. The molecular weight excluding hydrogens is 205 g/mol. The summed E-state index contributed by atoms with van der Waals surface area (Å²) in [6, 6.07) is 0. The maximum atomic E-state index is 5.72. The van der Waals surface area contributed by atoms with Crippen molar-refractivity contribution in [3.8, 4) is 0 Å². The molecule has 0 spiro atoms. The standard InChI is InChI=1S/C5H5BrClNO/c1-3-5(7)4(2-6)9-8-3/h2H2,1H3. The first kappa shape index (κ1) is 7.09. The molecular formula is C5H5BrClNO. The van der Waals surface area contributed by atoms with E-state index in [0.29, 0.717) is 16.1 Å². The summed E-state index contributed by atoms with van der Waals surface area (Å²) in [7, 11) is 0. The molecule has 0 saturated heterocycles. The van der Waals surface area contributed by atoms with Crippen LogP contribution in [0.3, 0.4) is 0 Å². The number of aryl methyl sites for hydroxylation is 1. The summed E-state index contributed by atoms with van der Waals surface area (Å²) in [5, 5.41) is 4.89. The van der Waals surface area contributed by atoms with Gasteiger partial charge in [-0.2, -0.15) is 0 Å². The molecule has 1 aromatic heterocycles. The Balaban J connectivity index is 3.04. The maximum Gasteiger partial charge on any atom is 0.166 e. The van der Waals surface area contributed by atoms with Crippen molar-refractivity contribution in [1.29, 1.82) is 0 Å². The summed E-state index contributed by atoms with van der Waals surface area (Å²) in [6.45, 7) is 1.80. The van der Waals surface area contributed by atoms with Crippen LogP contribution in [0, 0.1) is 6.92 Å². The maximum absolute atomic E-state index is 5.72. The van der Waals surface area contributed by atoms with Gasteiger partial charge in [-0.25, -0.2) is 0 Å². The van der Waals surface area contributed by atoms with Gasteiger partial charge >= 0.3 is 0 Å². The van der Waals surface area contributed by atoms with Crippen molar-refractivity contribution in [2.45, 2.75) is 12.3 Å². The van der Waals surface area contributed by atoms with Gasteiger partial charge in [0.1, 0.15) is 5.02 Å². The second kappa shape index (κ2) is 2.71. The van der Waals surface area contributed by atoms with Crippen molar-refractivity contribution in [2.24, 2.45) is 0 Å². The highest BCUT2D eigenvalue weighted by Crippen LogP contribution is 2.21. The third-order valence-corrected chi connectivity index (χ3v) is 1.97. The van der Waals surface area contributed by atoms with Crippen LogP contribution >= 0.6 is 27.5 Å². The lowest BCUT2D eigenvalue weighted by Crippen LogP contribution is -1.70. The van der Waals surface area contributed by atoms with Crippen LogP contribution in [0.1, 0.15) is 11.5 Å². The van der Waals surface area contributed by atoms with Crippen LogP contribution in [0.4, 0.5) is 0 Å². The summed E-state index contributed by atoms with van der Waals surface area (Å²) in [4.78, 5) is 0. The molecule has 0 amide bonds. The summed E-state index contributed by atoms with van der Waals surface area (Å²) >= 11 is 8.93. The van der Waals surface area contributed by atoms with E-state index in [0.717, 1.165) is 5.69 Å². The fourth-order valence-electron chi connectivity index (χ4n) is 0.489. The SMILES string of the molecule is Cc1noc(CBr)c1Cl. The molecule has 0 unspecified atom stereocenters. The van der Waals surface area contributed by atoms with Crippen LogP contribution < -0.4 is 0 Å². The molecule has 0 aromatic carbocycles. The molecule has 1 rings (SSSR count). The number of rotatable bonds is 1. The van der Waals surface area contributed by atoms with Crippen LogP contribution in [0.2, 0.25) is 5.02 Å². The third kappa shape index (κ3) is 1.27. The summed E-state index contributed by atoms with van der Waals surface area (Å²) < 4.78 is 4.82. The normalized spacial score (nSPS) is 10.1. The van der Waals surface area contributed by atoms with Crippen molar-refractivity contribution in [1.82, 2.24) is 5.16 Å². The molecule has 9 heavy (non-hydrogen) atoms. The van der Waals surface area contributed by atoms with E-state index in [9.17, 15) is 0 Å². The van der Waals surface area contributed by atoms with E-state index >= 15 is 0 Å². The van der Waals surface area contributed by atoms with E-state index in [2.05, 4.69) is 21.1 Å². The second-order valence-corrected chi connectivity index (χ2v) is 2.58. The molecule has 50 valence electrons. The predicted octanol–water partition coefficient (Wildman–Crippen LogP) is 2.53. The second-order valence-electron chi connectivity index (χ2n) is 1.64. The molecule has 0 aliphatic heterocycles. The quantitative estimate of drug-likeness (QED) is 0.666. The summed E-state index contributed by atoms with van der Waals surface area (Å²) in [6.07, 6.45) is 0. The fourth-order valence-corrected chi connectivity index (χ4v) is 1.17. The molecule has 0 aliphatic carbocycles. The first-order valence-electron chi connectivity index (χ1n) is 2.42. The van der Waals surface area contributed by atoms with Crippen molar-refractivity contribution in [3.63, 3.8) is 0 Å². The van der Waals surface area contributed by atoms with E-state index < -0.39 is 0 Å². The van der Waals surface area contributed by atoms with Crippen LogP contribution in [0.5, 0.6) is 0 Å². The highest BCUT2D eigenvalue weighted by Gasteiger charge is 2.07. The lowest BCUT2D eigenvalue weighted by molar-refractivity contribution is 0.391. The van der Waals surface area contributed by atoms with Crippen LogP contribution in [-0.4, -0.2) is 5.16 Å². The van der Waals surface area contributed by atoms with Gasteiger partial charge in [-0.05, 0) is 6.92 Å². The van der Waals surface area contributed by atoms with Crippen LogP contribution in [0.25, 0.3) is 0 Å². The molecule has 4 heteroatoms. The van der Waals surface area contributed by atoms with Crippen LogP contribution in [-0.2, 0) is 5.33 Å². The first-order valence-corrected chi connectivity index (χ1v) is 3.92. The topological polar surface area (TPSA) is 26.0 Å². The monoisotopic (exact) mass is 209 g/mol. The molecule has 0 radical (unpaired) electrons. The number of hydrogen-bond donors (Lipinski definition) is 0. The first-order chi connectivity index (χ1) is 4.25. The molecule has 0 bridgehead atoms. The van der Waals surface area contributed by atoms with Crippen molar-refractivity contribution < 1.29 is 4.52 Å². The average Bonchev–Trinajstić information content (AvgIpc) is 2.15. The van der Waals surface area contributed by atoms with E-state index in [4.69, 9.17) is 16.1 Å². The Labute approximate surface area is 66.3 Å². The van der Waals surface area contributed by atoms with Gasteiger partial charge in [-0.1, -0.05) is 32.7 Å². The third-order valence-electron chi connectivity index (χ3n) is 0.977. The van der Waals surface area contributed by atoms with Gasteiger partial charge in [-0.3, -0.25) is 0 Å². The number of alkyl halides is 1. The molecule has 0 N–H and O–H groups in total. The Hall–Kier alpha value is -0.0200. The Morgan fingerprint density at radius 3 is 2.67 bits per heavy atom. The molecule has 0 saturated carbocycles. The number of nitrogens with zero attached hydrogens (tertiary/aromatic N) is 1. The number of aromatic nitrogens is 1. The Bertz CT molecular complexity index is 211. The van der Waals surface area contributed by atoms with Gasteiger partial charge in [-0.15, -0.1) is 0 Å². The van der Waals surface area contributed by atoms with Gasteiger partial charge in [0, 0.05) is 0 Å². The zero-order valence-corrected chi connectivity index (χ0v) is 7.16. The van der Waals surface area contributed by atoms with Gasteiger partial charge in [0.05, 0.1) is 11.0 Å². The highest BCUT2D eigenvalue weighted by molar-refractivity contribution is 9.08. The number of hydrogen-bond acceptors (Lipinski definition) is 2. The van der Waals surface area contributed by atoms with Crippen LogP contribution in [0.15, 0.2) is 4.52 Å². The lowest BCUT2D eigenvalue weighted by atomic mass is 10.4. The lowest BCUT2D eigenvalue weighted by Gasteiger charge is -1.82. The van der Waals surface area contributed by atoms with E-state index in [-0.39, 0.29) is 0 Å². The largest absolute Gasteiger partial charge is 0.359 e. The minimum absolute atomic E-state index is 0.617. The van der Waals surface area contributed by atoms with Crippen molar-refractivity contribution >= 4 is 27.5 Å². The van der Waals surface area contributed by atoms with Crippen molar-refractivity contribution in [2.75, 3.05) is 0 Å². The number of halogens is 2. The zero-order valence-electron chi connectivity index (χ0n) is 4.82. The van der Waals surface area contributed by atoms with E-state index in [1.807, 2.05) is 0 Å². The smallest absolute Gasteiger partial charge is 0.166 e. The van der Waals surface area contributed by atoms with Gasteiger partial charge < -0.3 is 4.52 Å². The Morgan fingerprint density at radius 1 is 1.78 bits per heavy atom. The van der Waals surface area contributed by atoms with E-state index in [1.165, 1.54) is 0 Å². The molecule has 0 atom stereocenters. The summed E-state index contributed by atoms with van der Waals surface area (Å²) in [5.41, 5.74) is 0.742. The van der Waals surface area contributed by atoms with Gasteiger partial charge in [0.25, 0.3) is 0 Å². The molecule has 0 aliphatic rings. The summed E-state index contributed by atoms with van der Waals surface area (Å²) in [5.74, 6) is 0.689. The van der Waals surface area contributed by atoms with Gasteiger partial charge in [0.15, 0.2) is 5.76 Å². The van der Waals surface area contributed by atoms with E-state index in [1.54, 1.807) is 6.92 Å². The van der Waals surface area contributed by atoms with Crippen molar-refractivity contribution in [3.05, 3.63) is 16.5 Å². The Kier molecular flexibility index (Phi) is 2.13. The molecule has 0 fully saturated rings. The predicted molar refractivity (Wildman–Crippen MR) is 38.9 cm³/mol. The minimum atomic E-state index is 0.617. The van der Waals surface area contributed by atoms with Gasteiger partial charge in [0.2, 0.25) is 0 Å². The fraction of sp³-hybridized carbons (Fsp3) is 0.400. The molecule has 2 nitrogen and oxygen atoms in total. The Morgan fingerprint density at radius 2 is 2.44 bits per heavy atom. The zero-order chi connectivity index (χ0) is 6.85. The molecule has 1 aromatic rings.